The van der Waals surface area contributed by atoms with Crippen molar-refractivity contribution >= 4 is 15.7 Å². The lowest BCUT2D eigenvalue weighted by atomic mass is 10.1. The van der Waals surface area contributed by atoms with Crippen molar-refractivity contribution in [3.05, 3.63) is 35.6 Å². The van der Waals surface area contributed by atoms with Gasteiger partial charge in [-0.2, -0.15) is 0 Å². The summed E-state index contributed by atoms with van der Waals surface area (Å²) >= 11 is 0. The Morgan fingerprint density at radius 2 is 1.78 bits per heavy atom. The molecular formula is C16H21FN2O3S. The number of halogens is 1. The minimum atomic E-state index is -2.87. The Bertz CT molecular complexity index is 667. The molecule has 1 aromatic carbocycles. The van der Waals surface area contributed by atoms with Gasteiger partial charge in [-0.15, -0.1) is 0 Å². The molecular weight excluding hydrogens is 319 g/mol. The lowest BCUT2D eigenvalue weighted by Crippen LogP contribution is -2.52. The summed E-state index contributed by atoms with van der Waals surface area (Å²) in [6.45, 7) is 2.68. The molecule has 1 atom stereocenters. The van der Waals surface area contributed by atoms with Crippen LogP contribution in [-0.2, 0) is 21.1 Å². The van der Waals surface area contributed by atoms with Gasteiger partial charge in [0.1, 0.15) is 5.82 Å². The SMILES string of the molecule is O=C(Cc1ccc(F)cc1)N1CCN([C@@H]2CCS(=O)(=O)C2)CC1. The highest BCUT2D eigenvalue weighted by Crippen LogP contribution is 2.19. The monoisotopic (exact) mass is 340 g/mol. The Labute approximate surface area is 136 Å². The van der Waals surface area contributed by atoms with Crippen LogP contribution in [0.25, 0.3) is 0 Å². The van der Waals surface area contributed by atoms with Crippen LogP contribution >= 0.6 is 0 Å². The van der Waals surface area contributed by atoms with Crippen molar-refractivity contribution in [2.24, 2.45) is 0 Å². The Morgan fingerprint density at radius 3 is 2.35 bits per heavy atom. The van der Waals surface area contributed by atoms with Gasteiger partial charge in [0.15, 0.2) is 9.84 Å². The molecule has 0 bridgehead atoms. The standard InChI is InChI=1S/C16H21FN2O3S/c17-14-3-1-13(2-4-14)11-16(20)19-8-6-18(7-9-19)15-5-10-23(21,22)12-15/h1-4,15H,5-12H2/t15-/m1/s1. The largest absolute Gasteiger partial charge is 0.340 e. The van der Waals surface area contributed by atoms with Crippen molar-refractivity contribution in [3.63, 3.8) is 0 Å². The molecule has 2 aliphatic rings. The number of carbonyl (C=O) groups excluding carboxylic acids is 1. The van der Waals surface area contributed by atoms with E-state index < -0.39 is 9.84 Å². The van der Waals surface area contributed by atoms with E-state index >= 15 is 0 Å². The zero-order valence-electron chi connectivity index (χ0n) is 12.9. The molecule has 126 valence electrons. The average Bonchev–Trinajstić information content (AvgIpc) is 2.90. The second kappa shape index (κ2) is 6.57. The number of amides is 1. The molecule has 2 saturated heterocycles. The van der Waals surface area contributed by atoms with Crippen LogP contribution in [0.2, 0.25) is 0 Å². The lowest BCUT2D eigenvalue weighted by molar-refractivity contribution is -0.132. The minimum absolute atomic E-state index is 0.0373. The van der Waals surface area contributed by atoms with E-state index in [1.54, 1.807) is 12.1 Å². The summed E-state index contributed by atoms with van der Waals surface area (Å²) in [4.78, 5) is 16.3. The Kier molecular flexibility index (Phi) is 4.68. The van der Waals surface area contributed by atoms with Crippen LogP contribution in [0.1, 0.15) is 12.0 Å². The molecule has 2 fully saturated rings. The van der Waals surface area contributed by atoms with Crippen LogP contribution in [0.3, 0.4) is 0 Å². The summed E-state index contributed by atoms with van der Waals surface area (Å²) in [6.07, 6.45) is 0.976. The fourth-order valence-electron chi connectivity index (χ4n) is 3.29. The molecule has 3 rings (SSSR count). The third-order valence-electron chi connectivity index (χ3n) is 4.66. The fraction of sp³-hybridized carbons (Fsp3) is 0.562. The highest BCUT2D eigenvalue weighted by molar-refractivity contribution is 7.91. The number of rotatable bonds is 3. The van der Waals surface area contributed by atoms with Gasteiger partial charge in [0.2, 0.25) is 5.91 Å². The summed E-state index contributed by atoms with van der Waals surface area (Å²) in [7, 11) is -2.87. The summed E-state index contributed by atoms with van der Waals surface area (Å²) < 4.78 is 36.0. The summed E-state index contributed by atoms with van der Waals surface area (Å²) in [5, 5.41) is 0. The highest BCUT2D eigenvalue weighted by atomic mass is 32.2. The zero-order valence-corrected chi connectivity index (χ0v) is 13.8. The number of sulfone groups is 1. The van der Waals surface area contributed by atoms with Gasteiger partial charge in [-0.1, -0.05) is 12.1 Å². The topological polar surface area (TPSA) is 57.7 Å². The molecule has 0 N–H and O–H groups in total. The minimum Gasteiger partial charge on any atom is -0.340 e. The van der Waals surface area contributed by atoms with Crippen molar-refractivity contribution in [3.8, 4) is 0 Å². The maximum absolute atomic E-state index is 12.9. The number of hydrogen-bond donors (Lipinski definition) is 0. The van der Waals surface area contributed by atoms with E-state index in [2.05, 4.69) is 4.90 Å². The Morgan fingerprint density at radius 1 is 1.13 bits per heavy atom. The molecule has 5 nitrogen and oxygen atoms in total. The number of piperazine rings is 1. The molecule has 23 heavy (non-hydrogen) atoms. The van der Waals surface area contributed by atoms with Crippen molar-refractivity contribution in [1.29, 1.82) is 0 Å². The second-order valence-electron chi connectivity index (χ2n) is 6.28. The quantitative estimate of drug-likeness (QED) is 0.813. The van der Waals surface area contributed by atoms with Gasteiger partial charge in [0.05, 0.1) is 17.9 Å². The lowest BCUT2D eigenvalue weighted by Gasteiger charge is -2.37. The molecule has 0 spiro atoms. The second-order valence-corrected chi connectivity index (χ2v) is 8.51. The van der Waals surface area contributed by atoms with Crippen molar-refractivity contribution in [2.45, 2.75) is 18.9 Å². The maximum atomic E-state index is 12.9. The molecule has 7 heteroatoms. The number of benzene rings is 1. The molecule has 1 amide bonds. The van der Waals surface area contributed by atoms with E-state index in [1.165, 1.54) is 12.1 Å². The first-order valence-electron chi connectivity index (χ1n) is 7.90. The first-order valence-corrected chi connectivity index (χ1v) is 9.72. The first-order chi connectivity index (χ1) is 10.9. The van der Waals surface area contributed by atoms with Gasteiger partial charge in [-0.05, 0) is 24.1 Å². The van der Waals surface area contributed by atoms with E-state index in [4.69, 9.17) is 0 Å². The van der Waals surface area contributed by atoms with Gasteiger partial charge in [-0.25, -0.2) is 12.8 Å². The third-order valence-corrected chi connectivity index (χ3v) is 6.41. The average molecular weight is 340 g/mol. The number of nitrogens with zero attached hydrogens (tertiary/aromatic N) is 2. The van der Waals surface area contributed by atoms with E-state index in [0.29, 0.717) is 19.5 Å². The molecule has 0 unspecified atom stereocenters. The molecule has 0 aliphatic carbocycles. The van der Waals surface area contributed by atoms with Crippen LogP contribution in [0.15, 0.2) is 24.3 Å². The van der Waals surface area contributed by atoms with Gasteiger partial charge in [-0.3, -0.25) is 9.69 Å². The van der Waals surface area contributed by atoms with E-state index in [1.807, 2.05) is 4.90 Å². The predicted molar refractivity (Wildman–Crippen MR) is 85.3 cm³/mol. The zero-order chi connectivity index (χ0) is 16.4. The maximum Gasteiger partial charge on any atom is 0.227 e. The third kappa shape index (κ3) is 4.09. The molecule has 0 saturated carbocycles. The van der Waals surface area contributed by atoms with E-state index in [-0.39, 0.29) is 35.7 Å². The number of hydrogen-bond acceptors (Lipinski definition) is 4. The summed E-state index contributed by atoms with van der Waals surface area (Å²) in [5.74, 6) is 0.259. The predicted octanol–water partition coefficient (Wildman–Crippen LogP) is 0.700. The van der Waals surface area contributed by atoms with Gasteiger partial charge in [0, 0.05) is 32.2 Å². The first kappa shape index (κ1) is 16.4. The smallest absolute Gasteiger partial charge is 0.227 e. The van der Waals surface area contributed by atoms with Gasteiger partial charge >= 0.3 is 0 Å². The Balaban J connectivity index is 1.50. The van der Waals surface area contributed by atoms with Gasteiger partial charge in [0.25, 0.3) is 0 Å². The molecule has 2 heterocycles. The Hall–Kier alpha value is -1.47. The number of carbonyl (C=O) groups is 1. The van der Waals surface area contributed by atoms with Gasteiger partial charge < -0.3 is 4.90 Å². The van der Waals surface area contributed by atoms with Crippen LogP contribution < -0.4 is 0 Å². The fourth-order valence-corrected chi connectivity index (χ4v) is 5.05. The summed E-state index contributed by atoms with van der Waals surface area (Å²) in [5.41, 5.74) is 0.806. The molecule has 1 aromatic rings. The van der Waals surface area contributed by atoms with Crippen LogP contribution in [0.5, 0.6) is 0 Å². The summed E-state index contributed by atoms with van der Waals surface area (Å²) in [6, 6.07) is 6.09. The molecule has 2 aliphatic heterocycles. The van der Waals surface area contributed by atoms with Crippen molar-refractivity contribution in [2.75, 3.05) is 37.7 Å². The van der Waals surface area contributed by atoms with Crippen LogP contribution in [0.4, 0.5) is 4.39 Å². The highest BCUT2D eigenvalue weighted by Gasteiger charge is 2.34. The normalized spacial score (nSPS) is 24.7. The van der Waals surface area contributed by atoms with E-state index in [9.17, 15) is 17.6 Å². The molecule has 0 aromatic heterocycles. The molecule has 0 radical (unpaired) electrons. The van der Waals surface area contributed by atoms with Crippen LogP contribution in [0, 0.1) is 5.82 Å². The van der Waals surface area contributed by atoms with Crippen molar-refractivity contribution < 1.29 is 17.6 Å². The van der Waals surface area contributed by atoms with E-state index in [0.717, 1.165) is 18.7 Å². The van der Waals surface area contributed by atoms with Crippen LogP contribution in [-0.4, -0.2) is 67.9 Å². The van der Waals surface area contributed by atoms with Crippen molar-refractivity contribution in [1.82, 2.24) is 9.80 Å².